The minimum atomic E-state index is -0.207. The molecule has 7 heteroatoms. The number of thioether (sulfide) groups is 1. The first-order valence-electron chi connectivity index (χ1n) is 9.20. The van der Waals surface area contributed by atoms with Gasteiger partial charge in [-0.15, -0.1) is 11.8 Å². The third kappa shape index (κ3) is 6.78. The normalized spacial score (nSPS) is 15.7. The summed E-state index contributed by atoms with van der Waals surface area (Å²) in [7, 11) is 1.79. The molecule has 0 atom stereocenters. The van der Waals surface area contributed by atoms with Crippen LogP contribution in [-0.4, -0.2) is 62.0 Å². The summed E-state index contributed by atoms with van der Waals surface area (Å²) in [6.45, 7) is 6.64. The zero-order chi connectivity index (χ0) is 18.8. The van der Waals surface area contributed by atoms with Crippen LogP contribution in [0.1, 0.15) is 25.3 Å². The molecule has 1 amide bonds. The molecule has 1 heterocycles. The summed E-state index contributed by atoms with van der Waals surface area (Å²) in [4.78, 5) is 19.1. The largest absolute Gasteiger partial charge is 0.450 e. The Morgan fingerprint density at radius 2 is 2.00 bits per heavy atom. The highest BCUT2D eigenvalue weighted by Gasteiger charge is 2.23. The van der Waals surface area contributed by atoms with Crippen LogP contribution in [0.4, 0.5) is 4.79 Å². The van der Waals surface area contributed by atoms with Gasteiger partial charge in [0.2, 0.25) is 0 Å². The Labute approximate surface area is 160 Å². The molecule has 1 aromatic carbocycles. The van der Waals surface area contributed by atoms with Crippen molar-refractivity contribution in [3.63, 3.8) is 0 Å². The lowest BCUT2D eigenvalue weighted by atomic mass is 10.1. The lowest BCUT2D eigenvalue weighted by Gasteiger charge is -2.32. The van der Waals surface area contributed by atoms with Crippen LogP contribution >= 0.6 is 11.8 Å². The predicted octanol–water partition coefficient (Wildman–Crippen LogP) is 2.87. The van der Waals surface area contributed by atoms with Crippen LogP contribution in [-0.2, 0) is 4.74 Å². The molecular weight excluding hydrogens is 348 g/mol. The molecule has 2 rings (SSSR count). The molecule has 26 heavy (non-hydrogen) atoms. The van der Waals surface area contributed by atoms with Gasteiger partial charge in [0, 0.05) is 43.4 Å². The number of aliphatic imine (C=N–C) groups is 1. The maximum atomic E-state index is 11.7. The van der Waals surface area contributed by atoms with Gasteiger partial charge in [0.25, 0.3) is 0 Å². The number of aryl methyl sites for hydroxylation is 1. The smallest absolute Gasteiger partial charge is 0.409 e. The molecule has 0 aliphatic carbocycles. The van der Waals surface area contributed by atoms with E-state index in [1.807, 2.05) is 18.7 Å². The molecule has 1 aliphatic heterocycles. The maximum absolute atomic E-state index is 11.7. The highest BCUT2D eigenvalue weighted by Crippen LogP contribution is 2.17. The number of rotatable bonds is 6. The minimum Gasteiger partial charge on any atom is -0.450 e. The van der Waals surface area contributed by atoms with Gasteiger partial charge >= 0.3 is 6.09 Å². The molecule has 2 N–H and O–H groups in total. The van der Waals surface area contributed by atoms with E-state index >= 15 is 0 Å². The molecule has 144 valence electrons. The number of guanidine groups is 1. The van der Waals surface area contributed by atoms with Gasteiger partial charge in [-0.1, -0.05) is 17.7 Å². The summed E-state index contributed by atoms with van der Waals surface area (Å²) in [5, 5.41) is 6.82. The Hall–Kier alpha value is -1.89. The van der Waals surface area contributed by atoms with Crippen molar-refractivity contribution < 1.29 is 9.53 Å². The molecule has 0 radical (unpaired) electrons. The van der Waals surface area contributed by atoms with Crippen molar-refractivity contribution in [2.24, 2.45) is 4.99 Å². The van der Waals surface area contributed by atoms with Crippen molar-refractivity contribution >= 4 is 23.8 Å². The number of carbonyl (C=O) groups excluding carboxylic acids is 1. The quantitative estimate of drug-likeness (QED) is 0.345. The Bertz CT molecular complexity index is 584. The van der Waals surface area contributed by atoms with Crippen LogP contribution < -0.4 is 10.6 Å². The lowest BCUT2D eigenvalue weighted by Crippen LogP contribution is -2.50. The summed E-state index contributed by atoms with van der Waals surface area (Å²) in [5.41, 5.74) is 1.28. The fourth-order valence-corrected chi connectivity index (χ4v) is 3.55. The Morgan fingerprint density at radius 3 is 2.62 bits per heavy atom. The summed E-state index contributed by atoms with van der Waals surface area (Å²) in [6, 6.07) is 8.92. The van der Waals surface area contributed by atoms with Crippen molar-refractivity contribution in [1.29, 1.82) is 0 Å². The monoisotopic (exact) mass is 378 g/mol. The minimum absolute atomic E-state index is 0.207. The van der Waals surface area contributed by atoms with Crippen molar-refractivity contribution in [3.8, 4) is 0 Å². The number of nitrogens with one attached hydrogen (secondary N) is 2. The number of hydrogen-bond acceptors (Lipinski definition) is 4. The first kappa shape index (κ1) is 20.4. The number of piperidine rings is 1. The van der Waals surface area contributed by atoms with Crippen molar-refractivity contribution in [1.82, 2.24) is 15.5 Å². The lowest BCUT2D eigenvalue weighted by molar-refractivity contribution is 0.0963. The number of amides is 1. The van der Waals surface area contributed by atoms with Gasteiger partial charge in [-0.3, -0.25) is 4.99 Å². The zero-order valence-corrected chi connectivity index (χ0v) is 16.8. The van der Waals surface area contributed by atoms with Crippen molar-refractivity contribution in [3.05, 3.63) is 29.8 Å². The van der Waals surface area contributed by atoms with Crippen LogP contribution in [0.15, 0.2) is 34.2 Å². The molecular formula is C19H30N4O2S. The molecule has 1 aliphatic rings. The molecule has 0 spiro atoms. The number of benzene rings is 1. The first-order chi connectivity index (χ1) is 12.6. The van der Waals surface area contributed by atoms with E-state index in [1.165, 1.54) is 10.5 Å². The second-order valence-electron chi connectivity index (χ2n) is 6.27. The Kier molecular flexibility index (Phi) is 8.61. The predicted molar refractivity (Wildman–Crippen MR) is 108 cm³/mol. The fraction of sp³-hybridized carbons (Fsp3) is 0.579. The maximum Gasteiger partial charge on any atom is 0.409 e. The second kappa shape index (κ2) is 11.0. The number of hydrogen-bond donors (Lipinski definition) is 2. The van der Waals surface area contributed by atoms with Crippen LogP contribution in [0, 0.1) is 6.92 Å². The highest BCUT2D eigenvalue weighted by atomic mass is 32.2. The van der Waals surface area contributed by atoms with Crippen LogP contribution in [0.2, 0.25) is 0 Å². The molecule has 1 saturated heterocycles. The van der Waals surface area contributed by atoms with E-state index in [0.29, 0.717) is 12.6 Å². The first-order valence-corrected chi connectivity index (χ1v) is 10.2. The third-order valence-electron chi connectivity index (χ3n) is 4.27. The number of nitrogens with zero attached hydrogens (tertiary/aromatic N) is 2. The average Bonchev–Trinajstić information content (AvgIpc) is 2.66. The van der Waals surface area contributed by atoms with E-state index in [0.717, 1.165) is 44.2 Å². The average molecular weight is 379 g/mol. The van der Waals surface area contributed by atoms with Crippen LogP contribution in [0.3, 0.4) is 0 Å². The summed E-state index contributed by atoms with van der Waals surface area (Å²) in [5.74, 6) is 1.80. The van der Waals surface area contributed by atoms with Gasteiger partial charge in [-0.25, -0.2) is 4.79 Å². The third-order valence-corrected chi connectivity index (χ3v) is 5.28. The molecule has 0 bridgehead atoms. The Balaban J connectivity index is 1.65. The fourth-order valence-electron chi connectivity index (χ4n) is 2.78. The second-order valence-corrected chi connectivity index (χ2v) is 7.43. The van der Waals surface area contributed by atoms with Crippen LogP contribution in [0.5, 0.6) is 0 Å². The zero-order valence-electron chi connectivity index (χ0n) is 16.0. The number of likely N-dealkylation sites (tertiary alicyclic amines) is 1. The highest BCUT2D eigenvalue weighted by molar-refractivity contribution is 7.99. The van der Waals surface area contributed by atoms with E-state index < -0.39 is 0 Å². The molecule has 6 nitrogen and oxygen atoms in total. The van der Waals surface area contributed by atoms with Crippen molar-refractivity contribution in [2.75, 3.05) is 39.0 Å². The van der Waals surface area contributed by atoms with E-state index in [1.54, 1.807) is 11.9 Å². The van der Waals surface area contributed by atoms with Gasteiger partial charge in [-0.05, 0) is 38.8 Å². The summed E-state index contributed by atoms with van der Waals surface area (Å²) >= 11 is 1.83. The van der Waals surface area contributed by atoms with E-state index in [4.69, 9.17) is 4.74 Å². The van der Waals surface area contributed by atoms with Gasteiger partial charge in [0.1, 0.15) is 0 Å². The molecule has 0 aromatic heterocycles. The standard InChI is InChI=1S/C19H30N4O2S/c1-4-25-19(24)23-12-9-16(10-13-23)22-18(20-3)21-11-14-26-17-7-5-15(2)6-8-17/h5-8,16H,4,9-14H2,1-3H3,(H2,20,21,22). The van der Waals surface area contributed by atoms with E-state index in [2.05, 4.69) is 46.8 Å². The SMILES string of the molecule is CCOC(=O)N1CCC(NC(=NC)NCCSc2ccc(C)cc2)CC1. The number of carbonyl (C=O) groups is 1. The van der Waals surface area contributed by atoms with Crippen LogP contribution in [0.25, 0.3) is 0 Å². The van der Waals surface area contributed by atoms with Gasteiger partial charge in [0.15, 0.2) is 5.96 Å². The van der Waals surface area contributed by atoms with Gasteiger partial charge in [-0.2, -0.15) is 0 Å². The van der Waals surface area contributed by atoms with E-state index in [-0.39, 0.29) is 6.09 Å². The van der Waals surface area contributed by atoms with Crippen molar-refractivity contribution in [2.45, 2.75) is 37.6 Å². The summed E-state index contributed by atoms with van der Waals surface area (Å²) < 4.78 is 5.06. The van der Waals surface area contributed by atoms with Gasteiger partial charge in [0.05, 0.1) is 6.61 Å². The molecule has 1 aromatic rings. The Morgan fingerprint density at radius 1 is 1.31 bits per heavy atom. The van der Waals surface area contributed by atoms with Gasteiger partial charge < -0.3 is 20.3 Å². The molecule has 0 saturated carbocycles. The molecule has 1 fully saturated rings. The molecule has 0 unspecified atom stereocenters. The van der Waals surface area contributed by atoms with E-state index in [9.17, 15) is 4.79 Å². The topological polar surface area (TPSA) is 66.0 Å². The number of ether oxygens (including phenoxy) is 1. The summed E-state index contributed by atoms with van der Waals surface area (Å²) in [6.07, 6.45) is 1.59.